The van der Waals surface area contributed by atoms with Gasteiger partial charge in [0.1, 0.15) is 5.75 Å². The quantitative estimate of drug-likeness (QED) is 0.934. The second kappa shape index (κ2) is 6.61. The van der Waals surface area contributed by atoms with Gasteiger partial charge in [-0.05, 0) is 62.3 Å². The van der Waals surface area contributed by atoms with Crippen molar-refractivity contribution in [3.8, 4) is 17.2 Å². The van der Waals surface area contributed by atoms with Crippen molar-refractivity contribution in [2.24, 2.45) is 0 Å². The summed E-state index contributed by atoms with van der Waals surface area (Å²) < 4.78 is 16.3. The predicted octanol–water partition coefficient (Wildman–Crippen LogP) is 3.31. The Hall–Kier alpha value is -2.40. The number of ether oxygens (including phenoxy) is 3. The van der Waals surface area contributed by atoms with Crippen LogP contribution in [0.15, 0.2) is 42.5 Å². The van der Waals surface area contributed by atoms with Crippen molar-refractivity contribution in [2.75, 3.05) is 31.9 Å². The fourth-order valence-corrected chi connectivity index (χ4v) is 3.41. The van der Waals surface area contributed by atoms with Gasteiger partial charge in [0.25, 0.3) is 0 Å². The lowest BCUT2D eigenvalue weighted by molar-refractivity contribution is 0.174. The number of nitrogens with one attached hydrogen (secondary N) is 1. The maximum Gasteiger partial charge on any atom is 0.231 e. The minimum atomic E-state index is 0.300. The zero-order valence-electron chi connectivity index (χ0n) is 13.8. The minimum Gasteiger partial charge on any atom is -0.497 e. The molecule has 2 aromatic carbocycles. The van der Waals surface area contributed by atoms with Gasteiger partial charge in [0.05, 0.1) is 7.11 Å². The number of nitrogens with zero attached hydrogens (tertiary/aromatic N) is 1. The van der Waals surface area contributed by atoms with Crippen LogP contribution in [0, 0.1) is 0 Å². The van der Waals surface area contributed by atoms with Crippen LogP contribution in [0.3, 0.4) is 0 Å². The van der Waals surface area contributed by atoms with E-state index in [1.807, 2.05) is 18.2 Å². The number of piperidine rings is 1. The van der Waals surface area contributed by atoms with Crippen LogP contribution in [-0.4, -0.2) is 33.0 Å². The average Bonchev–Trinajstić information content (AvgIpc) is 3.11. The molecule has 2 aliphatic rings. The molecule has 24 heavy (non-hydrogen) atoms. The molecule has 4 rings (SSSR count). The number of hydrogen-bond acceptors (Lipinski definition) is 5. The second-order valence-electron chi connectivity index (χ2n) is 6.09. The lowest BCUT2D eigenvalue weighted by Gasteiger charge is -2.36. The molecule has 1 saturated heterocycles. The van der Waals surface area contributed by atoms with Gasteiger partial charge in [-0.2, -0.15) is 0 Å². The number of methoxy groups -OCH3 is 1. The Labute approximate surface area is 142 Å². The lowest BCUT2D eigenvalue weighted by Crippen LogP contribution is -2.40. The first-order valence-electron chi connectivity index (χ1n) is 8.39. The first-order chi connectivity index (χ1) is 11.8. The van der Waals surface area contributed by atoms with E-state index >= 15 is 0 Å². The Morgan fingerprint density at radius 1 is 0.958 bits per heavy atom. The summed E-state index contributed by atoms with van der Waals surface area (Å²) in [6.45, 7) is 2.39. The molecule has 0 bridgehead atoms. The van der Waals surface area contributed by atoms with Gasteiger partial charge >= 0.3 is 0 Å². The Bertz CT molecular complexity index is 696. The summed E-state index contributed by atoms with van der Waals surface area (Å²) in [5.74, 6) is 2.51. The molecule has 0 spiro atoms. The van der Waals surface area contributed by atoms with Crippen LogP contribution in [0.4, 0.5) is 11.4 Å². The van der Waals surface area contributed by atoms with E-state index in [0.29, 0.717) is 12.8 Å². The SMILES string of the molecule is COc1ccc(N(c2ccc3c(c2)OCO3)C2CCNCC2)cc1. The smallest absolute Gasteiger partial charge is 0.231 e. The van der Waals surface area contributed by atoms with E-state index in [0.717, 1.165) is 48.9 Å². The molecule has 1 fully saturated rings. The molecule has 0 radical (unpaired) electrons. The summed E-state index contributed by atoms with van der Waals surface area (Å²) in [5.41, 5.74) is 2.30. The lowest BCUT2D eigenvalue weighted by atomic mass is 10.0. The molecular formula is C19H22N2O3. The van der Waals surface area contributed by atoms with E-state index in [9.17, 15) is 0 Å². The van der Waals surface area contributed by atoms with Crippen LogP contribution in [0.1, 0.15) is 12.8 Å². The maximum atomic E-state index is 5.57. The van der Waals surface area contributed by atoms with Crippen molar-refractivity contribution in [1.82, 2.24) is 5.32 Å². The highest BCUT2D eigenvalue weighted by atomic mass is 16.7. The minimum absolute atomic E-state index is 0.300. The number of hydrogen-bond donors (Lipinski definition) is 1. The predicted molar refractivity (Wildman–Crippen MR) is 93.6 cm³/mol. The molecule has 0 saturated carbocycles. The molecular weight excluding hydrogens is 304 g/mol. The van der Waals surface area contributed by atoms with Crippen molar-refractivity contribution < 1.29 is 14.2 Å². The highest BCUT2D eigenvalue weighted by molar-refractivity contribution is 5.68. The fraction of sp³-hybridized carbons (Fsp3) is 0.368. The first kappa shape index (κ1) is 15.1. The Kier molecular flexibility index (Phi) is 4.17. The normalized spacial score (nSPS) is 16.9. The van der Waals surface area contributed by atoms with Gasteiger partial charge in [0.15, 0.2) is 11.5 Å². The van der Waals surface area contributed by atoms with E-state index in [-0.39, 0.29) is 0 Å². The summed E-state index contributed by atoms with van der Waals surface area (Å²) >= 11 is 0. The Morgan fingerprint density at radius 2 is 1.67 bits per heavy atom. The van der Waals surface area contributed by atoms with E-state index in [1.165, 1.54) is 5.69 Å². The molecule has 0 atom stereocenters. The van der Waals surface area contributed by atoms with E-state index in [1.54, 1.807) is 7.11 Å². The molecule has 2 aromatic rings. The summed E-state index contributed by atoms with van der Waals surface area (Å²) in [4.78, 5) is 2.41. The molecule has 1 N–H and O–H groups in total. The summed E-state index contributed by atoms with van der Waals surface area (Å²) in [7, 11) is 1.69. The van der Waals surface area contributed by atoms with E-state index < -0.39 is 0 Å². The second-order valence-corrected chi connectivity index (χ2v) is 6.09. The van der Waals surface area contributed by atoms with Gasteiger partial charge in [-0.15, -0.1) is 0 Å². The monoisotopic (exact) mass is 326 g/mol. The summed E-state index contributed by atoms with van der Waals surface area (Å²) in [6, 6.07) is 14.9. The molecule has 2 heterocycles. The van der Waals surface area contributed by atoms with Gasteiger partial charge < -0.3 is 24.4 Å². The van der Waals surface area contributed by atoms with Crippen LogP contribution in [-0.2, 0) is 0 Å². The summed E-state index contributed by atoms with van der Waals surface area (Å²) in [6.07, 6.45) is 2.22. The standard InChI is InChI=1S/C19H22N2O3/c1-22-17-5-2-14(3-6-17)21(15-8-10-20-11-9-15)16-4-7-18-19(12-16)24-13-23-18/h2-7,12,15,20H,8-11,13H2,1H3. The van der Waals surface area contributed by atoms with Crippen LogP contribution in [0.25, 0.3) is 0 Å². The van der Waals surface area contributed by atoms with E-state index in [2.05, 4.69) is 34.5 Å². The van der Waals surface area contributed by atoms with Gasteiger partial charge in [-0.1, -0.05) is 0 Å². The third-order valence-electron chi connectivity index (χ3n) is 4.66. The topological polar surface area (TPSA) is 43.0 Å². The number of benzene rings is 2. The molecule has 2 aliphatic heterocycles. The molecule has 0 aliphatic carbocycles. The molecule has 126 valence electrons. The zero-order chi connectivity index (χ0) is 16.4. The van der Waals surface area contributed by atoms with Crippen LogP contribution < -0.4 is 24.4 Å². The van der Waals surface area contributed by atoms with Crippen molar-refractivity contribution in [3.05, 3.63) is 42.5 Å². The molecule has 0 unspecified atom stereocenters. The third-order valence-corrected chi connectivity index (χ3v) is 4.66. The third kappa shape index (κ3) is 2.87. The molecule has 0 aromatic heterocycles. The number of rotatable bonds is 4. The fourth-order valence-electron chi connectivity index (χ4n) is 3.41. The Balaban J connectivity index is 1.71. The average molecular weight is 326 g/mol. The number of anilines is 2. The van der Waals surface area contributed by atoms with Gasteiger partial charge in [-0.25, -0.2) is 0 Å². The summed E-state index contributed by atoms with van der Waals surface area (Å²) in [5, 5.41) is 3.44. The first-order valence-corrected chi connectivity index (χ1v) is 8.39. The van der Waals surface area contributed by atoms with Crippen LogP contribution >= 0.6 is 0 Å². The van der Waals surface area contributed by atoms with Crippen molar-refractivity contribution in [1.29, 1.82) is 0 Å². The zero-order valence-corrected chi connectivity index (χ0v) is 13.8. The maximum absolute atomic E-state index is 5.57. The van der Waals surface area contributed by atoms with Gasteiger partial charge in [0, 0.05) is 23.5 Å². The number of fused-ring (bicyclic) bond motifs is 1. The Morgan fingerprint density at radius 3 is 2.42 bits per heavy atom. The van der Waals surface area contributed by atoms with Crippen molar-refractivity contribution in [2.45, 2.75) is 18.9 Å². The van der Waals surface area contributed by atoms with Crippen LogP contribution in [0.5, 0.6) is 17.2 Å². The van der Waals surface area contributed by atoms with Crippen molar-refractivity contribution in [3.63, 3.8) is 0 Å². The highest BCUT2D eigenvalue weighted by Gasteiger charge is 2.25. The van der Waals surface area contributed by atoms with Gasteiger partial charge in [-0.3, -0.25) is 0 Å². The molecule has 0 amide bonds. The van der Waals surface area contributed by atoms with Gasteiger partial charge in [0.2, 0.25) is 6.79 Å². The largest absolute Gasteiger partial charge is 0.497 e. The van der Waals surface area contributed by atoms with Crippen molar-refractivity contribution >= 4 is 11.4 Å². The van der Waals surface area contributed by atoms with Crippen LogP contribution in [0.2, 0.25) is 0 Å². The molecule has 5 heteroatoms. The molecule has 5 nitrogen and oxygen atoms in total. The van der Waals surface area contributed by atoms with E-state index in [4.69, 9.17) is 14.2 Å². The highest BCUT2D eigenvalue weighted by Crippen LogP contribution is 2.39.